The standard InChI is InChI=1S/C21H23F3N4O2S.C3H6O2/c1-12-9-18-25-10-17(13(2)28(18)26-12)20(4,30)14(3)27(11-31)19(29)15-5-7-16(8-6-15)21(22,23)24;1-2-5-3-4/h5-12,14,26,30H,1-4H3;3H,2H2,1H3/t12-,14?,20?;/m0./s1. The van der Waals surface area contributed by atoms with E-state index >= 15 is 0 Å². The smallest absolute Gasteiger partial charge is 0.416 e. The van der Waals surface area contributed by atoms with Gasteiger partial charge in [0, 0.05) is 29.1 Å². The van der Waals surface area contributed by atoms with Crippen LogP contribution in [0.15, 0.2) is 52.4 Å². The number of amides is 1. The monoisotopic (exact) mass is 526 g/mol. The van der Waals surface area contributed by atoms with Crippen LogP contribution in [0.5, 0.6) is 0 Å². The number of ether oxygens (including phenoxy) is 1. The van der Waals surface area contributed by atoms with Crippen LogP contribution < -0.4 is 5.43 Å². The number of carbonyl (C=O) groups excluding carboxylic acids is 2. The number of aliphatic imine (C=N–C) groups is 1. The van der Waals surface area contributed by atoms with Crippen molar-refractivity contribution in [2.45, 2.75) is 58.5 Å². The Morgan fingerprint density at radius 1 is 1.36 bits per heavy atom. The number of hydrogen-bond acceptors (Lipinski definition) is 8. The Kier molecular flexibility index (Phi) is 9.52. The van der Waals surface area contributed by atoms with Gasteiger partial charge in [-0.2, -0.15) is 13.2 Å². The van der Waals surface area contributed by atoms with Crippen LogP contribution in [0.1, 0.15) is 50.5 Å². The summed E-state index contributed by atoms with van der Waals surface area (Å²) in [4.78, 5) is 27.7. The van der Waals surface area contributed by atoms with Crippen LogP contribution in [0.3, 0.4) is 0 Å². The maximum atomic E-state index is 13.0. The summed E-state index contributed by atoms with van der Waals surface area (Å²) in [5.41, 5.74) is 3.13. The SMILES string of the molecule is CC1=C(C(C)(O)C(C)N(C=S)C(=O)c2ccc(C(F)(F)F)cc2)C=NC2=C[C@H](C)NN21.CCOC=O. The predicted octanol–water partition coefficient (Wildman–Crippen LogP) is 3.83. The first kappa shape index (κ1) is 29.1. The molecule has 0 fully saturated rings. The summed E-state index contributed by atoms with van der Waals surface area (Å²) in [7, 11) is 0. The van der Waals surface area contributed by atoms with E-state index in [4.69, 9.17) is 12.2 Å². The molecule has 0 bridgehead atoms. The first-order valence-corrected chi connectivity index (χ1v) is 11.5. The van der Waals surface area contributed by atoms with Crippen LogP contribution in [-0.4, -0.2) is 63.4 Å². The van der Waals surface area contributed by atoms with E-state index in [1.165, 1.54) is 0 Å². The Balaban J connectivity index is 0.000000830. The fraction of sp³-hybridized carbons (Fsp3) is 0.417. The number of fused-ring (bicyclic) bond motifs is 1. The Labute approximate surface area is 213 Å². The van der Waals surface area contributed by atoms with Gasteiger partial charge in [-0.1, -0.05) is 12.2 Å². The van der Waals surface area contributed by atoms with E-state index in [2.05, 4.69) is 15.2 Å². The zero-order valence-electron chi connectivity index (χ0n) is 20.5. The molecule has 2 N–H and O–H groups in total. The first-order valence-electron chi connectivity index (χ1n) is 11.1. The molecule has 0 radical (unpaired) electrons. The normalized spacial score (nSPS) is 19.3. The van der Waals surface area contributed by atoms with Gasteiger partial charge in [0.1, 0.15) is 11.4 Å². The lowest BCUT2D eigenvalue weighted by molar-refractivity contribution is -0.137. The van der Waals surface area contributed by atoms with E-state index < -0.39 is 29.3 Å². The third-order valence-electron chi connectivity index (χ3n) is 5.83. The average molecular weight is 527 g/mol. The van der Waals surface area contributed by atoms with E-state index in [9.17, 15) is 27.9 Å². The van der Waals surface area contributed by atoms with Crippen molar-refractivity contribution in [3.63, 3.8) is 0 Å². The van der Waals surface area contributed by atoms with Crippen molar-refractivity contribution < 1.29 is 32.6 Å². The lowest BCUT2D eigenvalue weighted by Crippen LogP contribution is -2.53. The number of aliphatic hydroxyl groups is 1. The molecule has 2 aliphatic rings. The number of carbonyl (C=O) groups is 2. The summed E-state index contributed by atoms with van der Waals surface area (Å²) in [6, 6.07) is 3.11. The summed E-state index contributed by atoms with van der Waals surface area (Å²) >= 11 is 5.01. The summed E-state index contributed by atoms with van der Waals surface area (Å²) < 4.78 is 42.6. The Morgan fingerprint density at radius 2 is 1.97 bits per heavy atom. The summed E-state index contributed by atoms with van der Waals surface area (Å²) in [5.74, 6) is 0.0979. The second-order valence-electron chi connectivity index (χ2n) is 8.30. The molecule has 12 heteroatoms. The number of thiocarbonyl (C=S) groups is 1. The van der Waals surface area contributed by atoms with E-state index in [1.807, 2.05) is 19.9 Å². The van der Waals surface area contributed by atoms with Crippen molar-refractivity contribution in [2.75, 3.05) is 6.61 Å². The number of hydrogen-bond donors (Lipinski definition) is 2. The Morgan fingerprint density at radius 3 is 2.44 bits per heavy atom. The quantitative estimate of drug-likeness (QED) is 0.412. The molecule has 0 aliphatic carbocycles. The van der Waals surface area contributed by atoms with Crippen LogP contribution >= 0.6 is 12.2 Å². The van der Waals surface area contributed by atoms with Gasteiger partial charge in [-0.25, -0.2) is 10.4 Å². The lowest BCUT2D eigenvalue weighted by Gasteiger charge is -2.40. The molecule has 1 aromatic rings. The van der Waals surface area contributed by atoms with Gasteiger partial charge >= 0.3 is 6.18 Å². The molecule has 0 saturated heterocycles. The third-order valence-corrected chi connectivity index (χ3v) is 6.06. The molecule has 196 valence electrons. The zero-order chi connectivity index (χ0) is 27.3. The predicted molar refractivity (Wildman–Crippen MR) is 133 cm³/mol. The molecule has 0 spiro atoms. The van der Waals surface area contributed by atoms with E-state index in [0.29, 0.717) is 30.2 Å². The number of benzene rings is 1. The fourth-order valence-electron chi connectivity index (χ4n) is 3.65. The number of rotatable bonds is 7. The molecule has 36 heavy (non-hydrogen) atoms. The first-order chi connectivity index (χ1) is 16.8. The Hall–Kier alpha value is -3.09. The molecular formula is C24H29F3N4O4S. The van der Waals surface area contributed by atoms with Gasteiger partial charge < -0.3 is 9.84 Å². The van der Waals surface area contributed by atoms with Crippen molar-refractivity contribution in [3.05, 3.63) is 58.6 Å². The molecule has 1 aromatic carbocycles. The van der Waals surface area contributed by atoms with Gasteiger partial charge in [-0.15, -0.1) is 0 Å². The fourth-order valence-corrected chi connectivity index (χ4v) is 3.92. The highest BCUT2D eigenvalue weighted by Crippen LogP contribution is 2.33. The summed E-state index contributed by atoms with van der Waals surface area (Å²) in [6.45, 7) is 9.61. The number of nitrogens with zero attached hydrogens (tertiary/aromatic N) is 3. The van der Waals surface area contributed by atoms with Crippen LogP contribution in [0, 0.1) is 0 Å². The molecular weight excluding hydrogens is 497 g/mol. The van der Waals surface area contributed by atoms with Gasteiger partial charge in [0.05, 0.1) is 23.7 Å². The van der Waals surface area contributed by atoms with E-state index in [0.717, 1.165) is 34.7 Å². The van der Waals surface area contributed by atoms with Crippen LogP contribution in [0.25, 0.3) is 0 Å². The second kappa shape index (κ2) is 11.8. The summed E-state index contributed by atoms with van der Waals surface area (Å²) in [6.07, 6.45) is -1.01. The highest BCUT2D eigenvalue weighted by Gasteiger charge is 2.41. The largest absolute Gasteiger partial charge is 0.468 e. The van der Waals surface area contributed by atoms with Gasteiger partial charge in [-0.3, -0.25) is 19.5 Å². The third kappa shape index (κ3) is 6.37. The van der Waals surface area contributed by atoms with Crippen LogP contribution in [-0.2, 0) is 15.7 Å². The summed E-state index contributed by atoms with van der Waals surface area (Å²) in [5, 5.41) is 13.1. The number of alkyl halides is 3. The van der Waals surface area contributed by atoms with Crippen molar-refractivity contribution in [2.24, 2.45) is 4.99 Å². The van der Waals surface area contributed by atoms with Gasteiger partial charge in [0.15, 0.2) is 0 Å². The maximum Gasteiger partial charge on any atom is 0.416 e. The molecule has 2 heterocycles. The average Bonchev–Trinajstić information content (AvgIpc) is 3.21. The molecule has 2 unspecified atom stereocenters. The molecule has 1 amide bonds. The van der Waals surface area contributed by atoms with Gasteiger partial charge in [-0.05, 0) is 65.0 Å². The van der Waals surface area contributed by atoms with Gasteiger partial charge in [0.2, 0.25) is 0 Å². The number of allylic oxidation sites excluding steroid dienone is 1. The highest BCUT2D eigenvalue weighted by atomic mass is 32.1. The molecule has 8 nitrogen and oxygen atoms in total. The molecule has 0 saturated carbocycles. The minimum absolute atomic E-state index is 0.0278. The number of halogens is 3. The minimum Gasteiger partial charge on any atom is -0.468 e. The maximum absolute atomic E-state index is 13.0. The number of hydrazine groups is 1. The van der Waals surface area contributed by atoms with Crippen molar-refractivity contribution in [1.82, 2.24) is 15.3 Å². The second-order valence-corrected chi connectivity index (χ2v) is 8.51. The topological polar surface area (TPSA) is 94.5 Å². The molecule has 0 aromatic heterocycles. The van der Waals surface area contributed by atoms with E-state index in [1.54, 1.807) is 32.0 Å². The van der Waals surface area contributed by atoms with Crippen molar-refractivity contribution in [1.29, 1.82) is 0 Å². The molecule has 2 aliphatic heterocycles. The number of nitrogens with one attached hydrogen (secondary N) is 1. The molecule has 3 atom stereocenters. The Bertz CT molecular complexity index is 1070. The molecule has 3 rings (SSSR count). The van der Waals surface area contributed by atoms with Gasteiger partial charge in [0.25, 0.3) is 12.4 Å². The van der Waals surface area contributed by atoms with Crippen LogP contribution in [0.4, 0.5) is 13.2 Å². The minimum atomic E-state index is -4.50. The van der Waals surface area contributed by atoms with Crippen molar-refractivity contribution in [3.8, 4) is 0 Å². The highest BCUT2D eigenvalue weighted by molar-refractivity contribution is 7.78. The van der Waals surface area contributed by atoms with Crippen molar-refractivity contribution >= 4 is 36.3 Å². The van der Waals surface area contributed by atoms with E-state index in [-0.39, 0.29) is 11.6 Å². The zero-order valence-corrected chi connectivity index (χ0v) is 21.4. The van der Waals surface area contributed by atoms with Crippen LogP contribution in [0.2, 0.25) is 0 Å². The lowest BCUT2D eigenvalue weighted by atomic mass is 9.86.